The van der Waals surface area contributed by atoms with Crippen LogP contribution in [0.3, 0.4) is 0 Å². The van der Waals surface area contributed by atoms with E-state index in [2.05, 4.69) is 29.4 Å². The van der Waals surface area contributed by atoms with Gasteiger partial charge in [0.05, 0.1) is 0 Å². The van der Waals surface area contributed by atoms with E-state index in [1.807, 2.05) is 0 Å². The topological polar surface area (TPSA) is 51.0 Å². The molecule has 0 radical (unpaired) electrons. The van der Waals surface area contributed by atoms with Crippen LogP contribution in [0.2, 0.25) is 0 Å². The molecule has 0 bridgehead atoms. The SMILES string of the molecule is CCC(CC)Nc1nnc(C(C)Cl)o1. The molecule has 1 rings (SSSR count). The van der Waals surface area contributed by atoms with Gasteiger partial charge >= 0.3 is 6.01 Å². The minimum atomic E-state index is -0.236. The number of nitrogens with one attached hydrogen (secondary N) is 1. The summed E-state index contributed by atoms with van der Waals surface area (Å²) in [4.78, 5) is 0. The summed E-state index contributed by atoms with van der Waals surface area (Å²) in [5, 5.41) is 10.6. The predicted octanol–water partition coefficient (Wildman–Crippen LogP) is 2.97. The van der Waals surface area contributed by atoms with Gasteiger partial charge in [-0.15, -0.1) is 16.7 Å². The Labute approximate surface area is 89.0 Å². The molecule has 1 unspecified atom stereocenters. The molecule has 1 atom stereocenters. The summed E-state index contributed by atoms with van der Waals surface area (Å²) < 4.78 is 5.31. The van der Waals surface area contributed by atoms with E-state index in [0.29, 0.717) is 17.9 Å². The van der Waals surface area contributed by atoms with Gasteiger partial charge in [-0.25, -0.2) is 0 Å². The Morgan fingerprint density at radius 3 is 2.43 bits per heavy atom. The highest BCUT2D eigenvalue weighted by Gasteiger charge is 2.12. The number of rotatable bonds is 5. The Morgan fingerprint density at radius 2 is 2.00 bits per heavy atom. The highest BCUT2D eigenvalue weighted by Crippen LogP contribution is 2.20. The van der Waals surface area contributed by atoms with Crippen molar-refractivity contribution < 1.29 is 4.42 Å². The maximum Gasteiger partial charge on any atom is 0.315 e. The number of aromatic nitrogens is 2. The van der Waals surface area contributed by atoms with Gasteiger partial charge in [0, 0.05) is 6.04 Å². The molecule has 1 N–H and O–H groups in total. The lowest BCUT2D eigenvalue weighted by molar-refractivity contribution is 0.495. The zero-order chi connectivity index (χ0) is 10.6. The highest BCUT2D eigenvalue weighted by atomic mass is 35.5. The van der Waals surface area contributed by atoms with E-state index in [0.717, 1.165) is 12.8 Å². The molecular formula is C9H16ClN3O. The van der Waals surface area contributed by atoms with Gasteiger partial charge in [-0.3, -0.25) is 0 Å². The largest absolute Gasteiger partial charge is 0.406 e. The molecule has 1 aromatic rings. The van der Waals surface area contributed by atoms with Crippen LogP contribution in [0, 0.1) is 0 Å². The van der Waals surface area contributed by atoms with Gasteiger partial charge in [0.1, 0.15) is 5.38 Å². The summed E-state index contributed by atoms with van der Waals surface area (Å²) in [6.45, 7) is 6.03. The maximum atomic E-state index is 5.80. The summed E-state index contributed by atoms with van der Waals surface area (Å²) in [6, 6.07) is 0.843. The second kappa shape index (κ2) is 5.20. The van der Waals surface area contributed by atoms with Crippen molar-refractivity contribution in [1.82, 2.24) is 10.2 Å². The lowest BCUT2D eigenvalue weighted by atomic mass is 10.2. The van der Waals surface area contributed by atoms with Crippen molar-refractivity contribution in [2.75, 3.05) is 5.32 Å². The van der Waals surface area contributed by atoms with Crippen molar-refractivity contribution >= 4 is 17.6 Å². The first-order valence-corrected chi connectivity index (χ1v) is 5.35. The number of hydrogen-bond acceptors (Lipinski definition) is 4. The van der Waals surface area contributed by atoms with E-state index in [9.17, 15) is 0 Å². The van der Waals surface area contributed by atoms with Crippen LogP contribution in [0.5, 0.6) is 0 Å². The quantitative estimate of drug-likeness (QED) is 0.771. The third-order valence-electron chi connectivity index (χ3n) is 2.09. The second-order valence-electron chi connectivity index (χ2n) is 3.22. The molecule has 1 heterocycles. The average Bonchev–Trinajstić information content (AvgIpc) is 2.62. The number of nitrogens with zero attached hydrogens (tertiary/aromatic N) is 2. The Morgan fingerprint density at radius 1 is 1.36 bits per heavy atom. The Hall–Kier alpha value is -0.770. The molecule has 80 valence electrons. The molecule has 0 saturated carbocycles. The molecule has 0 aliphatic heterocycles. The number of anilines is 1. The first kappa shape index (κ1) is 11.3. The second-order valence-corrected chi connectivity index (χ2v) is 3.87. The summed E-state index contributed by atoms with van der Waals surface area (Å²) in [5.74, 6) is 0.458. The van der Waals surface area contributed by atoms with Crippen molar-refractivity contribution in [2.45, 2.75) is 45.0 Å². The lowest BCUT2D eigenvalue weighted by Gasteiger charge is -2.11. The molecule has 1 aromatic heterocycles. The van der Waals surface area contributed by atoms with Gasteiger partial charge in [0.15, 0.2) is 0 Å². The van der Waals surface area contributed by atoms with Crippen molar-refractivity contribution in [3.05, 3.63) is 5.89 Å². The van der Waals surface area contributed by atoms with Crippen LogP contribution >= 0.6 is 11.6 Å². The molecule has 14 heavy (non-hydrogen) atoms. The first-order valence-electron chi connectivity index (χ1n) is 4.91. The molecule has 5 heteroatoms. The fraction of sp³-hybridized carbons (Fsp3) is 0.778. The van der Waals surface area contributed by atoms with E-state index < -0.39 is 0 Å². The molecule has 0 amide bonds. The minimum Gasteiger partial charge on any atom is -0.406 e. The van der Waals surface area contributed by atoms with Crippen LogP contribution in [0.1, 0.15) is 44.9 Å². The Balaban J connectivity index is 2.58. The van der Waals surface area contributed by atoms with Gasteiger partial charge < -0.3 is 9.73 Å². The van der Waals surface area contributed by atoms with Crippen molar-refractivity contribution in [2.24, 2.45) is 0 Å². The van der Waals surface area contributed by atoms with Crippen molar-refractivity contribution in [1.29, 1.82) is 0 Å². The maximum absolute atomic E-state index is 5.80. The molecule has 0 fully saturated rings. The molecule has 4 nitrogen and oxygen atoms in total. The van der Waals surface area contributed by atoms with Crippen LogP contribution in [-0.4, -0.2) is 16.2 Å². The number of halogens is 1. The van der Waals surface area contributed by atoms with E-state index in [1.165, 1.54) is 0 Å². The monoisotopic (exact) mass is 217 g/mol. The van der Waals surface area contributed by atoms with Crippen LogP contribution in [0.25, 0.3) is 0 Å². The van der Waals surface area contributed by atoms with Crippen LogP contribution in [-0.2, 0) is 0 Å². The van der Waals surface area contributed by atoms with E-state index in [-0.39, 0.29) is 5.38 Å². The zero-order valence-corrected chi connectivity index (χ0v) is 9.51. The molecule has 0 aliphatic rings. The fourth-order valence-electron chi connectivity index (χ4n) is 1.12. The third kappa shape index (κ3) is 2.87. The fourth-order valence-corrected chi connectivity index (χ4v) is 1.21. The number of alkyl halides is 1. The molecule has 0 aromatic carbocycles. The van der Waals surface area contributed by atoms with Crippen LogP contribution < -0.4 is 5.32 Å². The van der Waals surface area contributed by atoms with E-state index >= 15 is 0 Å². The summed E-state index contributed by atoms with van der Waals surface area (Å²) in [7, 11) is 0. The predicted molar refractivity (Wildman–Crippen MR) is 56.6 cm³/mol. The summed E-state index contributed by atoms with van der Waals surface area (Å²) in [6.07, 6.45) is 2.06. The Kier molecular flexibility index (Phi) is 4.20. The van der Waals surface area contributed by atoms with Crippen molar-refractivity contribution in [3.8, 4) is 0 Å². The summed E-state index contributed by atoms with van der Waals surface area (Å²) in [5.41, 5.74) is 0. The third-order valence-corrected chi connectivity index (χ3v) is 2.28. The Bertz CT molecular complexity index is 271. The smallest absolute Gasteiger partial charge is 0.315 e. The van der Waals surface area contributed by atoms with Gasteiger partial charge in [-0.05, 0) is 19.8 Å². The van der Waals surface area contributed by atoms with Crippen LogP contribution in [0.15, 0.2) is 4.42 Å². The summed E-state index contributed by atoms with van der Waals surface area (Å²) >= 11 is 5.80. The minimum absolute atomic E-state index is 0.236. The molecule has 0 spiro atoms. The standard InChI is InChI=1S/C9H16ClN3O/c1-4-7(5-2)11-9-13-12-8(14-9)6(3)10/h6-7H,4-5H2,1-3H3,(H,11,13). The highest BCUT2D eigenvalue weighted by molar-refractivity contribution is 6.20. The molecule has 0 aliphatic carbocycles. The van der Waals surface area contributed by atoms with E-state index in [1.54, 1.807) is 6.92 Å². The zero-order valence-electron chi connectivity index (χ0n) is 8.75. The normalized spacial score (nSPS) is 13.2. The average molecular weight is 218 g/mol. The van der Waals surface area contributed by atoms with Gasteiger partial charge in [0.2, 0.25) is 5.89 Å². The first-order chi connectivity index (χ1) is 6.67. The lowest BCUT2D eigenvalue weighted by Crippen LogP contribution is -2.17. The molecule has 0 saturated heterocycles. The van der Waals surface area contributed by atoms with Gasteiger partial charge in [0.25, 0.3) is 0 Å². The molecular weight excluding hydrogens is 202 g/mol. The van der Waals surface area contributed by atoms with E-state index in [4.69, 9.17) is 16.0 Å². The number of hydrogen-bond donors (Lipinski definition) is 1. The van der Waals surface area contributed by atoms with Gasteiger partial charge in [-0.1, -0.05) is 18.9 Å². The van der Waals surface area contributed by atoms with Crippen molar-refractivity contribution in [3.63, 3.8) is 0 Å². The van der Waals surface area contributed by atoms with Crippen LogP contribution in [0.4, 0.5) is 6.01 Å². The van der Waals surface area contributed by atoms with Gasteiger partial charge in [-0.2, -0.15) is 0 Å².